The van der Waals surface area contributed by atoms with Gasteiger partial charge in [0, 0.05) is 19.3 Å². The summed E-state index contributed by atoms with van der Waals surface area (Å²) in [6.07, 6.45) is 72.1. The molecular weight excluding hydrogens is 853 g/mol. The van der Waals surface area contributed by atoms with Gasteiger partial charge in [0.15, 0.2) is 6.10 Å². The average molecular weight is 966 g/mol. The van der Waals surface area contributed by atoms with Crippen molar-refractivity contribution in [2.75, 3.05) is 13.2 Å². The van der Waals surface area contributed by atoms with Gasteiger partial charge in [0.2, 0.25) is 0 Å². The molecule has 6 heteroatoms. The third-order valence-electron chi connectivity index (χ3n) is 13.0. The highest BCUT2D eigenvalue weighted by molar-refractivity contribution is 5.71. The van der Waals surface area contributed by atoms with Crippen molar-refractivity contribution < 1.29 is 28.6 Å². The van der Waals surface area contributed by atoms with Crippen LogP contribution in [0.1, 0.15) is 303 Å². The Morgan fingerprint density at radius 2 is 0.522 bits per heavy atom. The van der Waals surface area contributed by atoms with Gasteiger partial charge in [-0.3, -0.25) is 14.4 Å². The summed E-state index contributed by atoms with van der Waals surface area (Å²) in [5, 5.41) is 0. The summed E-state index contributed by atoms with van der Waals surface area (Å²) < 4.78 is 16.9. The molecule has 0 aliphatic heterocycles. The number of hydrogen-bond acceptors (Lipinski definition) is 6. The first-order chi connectivity index (χ1) is 34.0. The summed E-state index contributed by atoms with van der Waals surface area (Å²) in [4.78, 5) is 38.2. The van der Waals surface area contributed by atoms with Crippen LogP contribution in [0.4, 0.5) is 0 Å². The molecule has 6 nitrogen and oxygen atoms in total. The fourth-order valence-corrected chi connectivity index (χ4v) is 8.48. The number of ether oxygens (including phenoxy) is 3. The molecule has 0 amide bonds. The number of esters is 3. The van der Waals surface area contributed by atoms with Crippen LogP contribution in [-0.4, -0.2) is 37.2 Å². The van der Waals surface area contributed by atoms with Crippen LogP contribution in [0.25, 0.3) is 0 Å². The summed E-state index contributed by atoms with van der Waals surface area (Å²) in [7, 11) is 0. The van der Waals surface area contributed by atoms with Gasteiger partial charge in [-0.2, -0.15) is 0 Å². The standard InChI is InChI=1S/C63H112O6/c1-4-7-10-13-16-19-22-25-28-30-31-33-36-39-42-45-48-51-54-57-63(66)69-60(58-67-61(64)55-52-49-46-43-40-37-34-27-24-21-18-15-12-9-6-3)59-68-62(65)56-53-50-47-44-41-38-35-32-29-26-23-20-17-14-11-8-5-2/h16,19,25-26,28-29,31,33,39,42,60H,4-15,17-18,20-24,27,30,32,34-38,40-41,43-59H2,1-3H3/b19-16-,28-25-,29-26-,33-31-,42-39-/t60-/m0/s1. The Kier molecular flexibility index (Phi) is 55.3. The largest absolute Gasteiger partial charge is 0.462 e. The predicted molar refractivity (Wildman–Crippen MR) is 298 cm³/mol. The van der Waals surface area contributed by atoms with Gasteiger partial charge in [-0.15, -0.1) is 0 Å². The molecule has 0 radical (unpaired) electrons. The van der Waals surface area contributed by atoms with Crippen LogP contribution < -0.4 is 0 Å². The van der Waals surface area contributed by atoms with Crippen molar-refractivity contribution in [3.63, 3.8) is 0 Å². The van der Waals surface area contributed by atoms with Gasteiger partial charge in [-0.05, 0) is 89.9 Å². The van der Waals surface area contributed by atoms with Crippen molar-refractivity contribution in [1.29, 1.82) is 0 Å². The molecule has 0 aromatic carbocycles. The SMILES string of the molecule is CCCCC/C=C\C/C=C\C/C=C\C/C=C\CCCCCC(=O)O[C@H](COC(=O)CCCCCCCCC/C=C\CCCCCCCC)COC(=O)CCCCCCCCCCCCCCCCC. The van der Waals surface area contributed by atoms with Crippen molar-refractivity contribution >= 4 is 17.9 Å². The minimum atomic E-state index is -0.791. The van der Waals surface area contributed by atoms with E-state index in [1.165, 1.54) is 180 Å². The molecule has 1 atom stereocenters. The Morgan fingerprint density at radius 1 is 0.290 bits per heavy atom. The fraction of sp³-hybridized carbons (Fsp3) is 0.794. The first-order valence-electron chi connectivity index (χ1n) is 29.8. The molecule has 0 spiro atoms. The van der Waals surface area contributed by atoms with Crippen LogP contribution in [0.3, 0.4) is 0 Å². The molecular formula is C63H112O6. The Balaban J connectivity index is 4.43. The Labute approximate surface area is 428 Å². The third-order valence-corrected chi connectivity index (χ3v) is 13.0. The molecule has 0 fully saturated rings. The molecule has 0 bridgehead atoms. The molecule has 0 aromatic rings. The quantitative estimate of drug-likeness (QED) is 0.0262. The van der Waals surface area contributed by atoms with E-state index in [9.17, 15) is 14.4 Å². The van der Waals surface area contributed by atoms with E-state index in [0.717, 1.165) is 83.5 Å². The van der Waals surface area contributed by atoms with Gasteiger partial charge >= 0.3 is 17.9 Å². The normalized spacial score (nSPS) is 12.4. The van der Waals surface area contributed by atoms with Crippen molar-refractivity contribution in [3.05, 3.63) is 60.8 Å². The number of hydrogen-bond donors (Lipinski definition) is 0. The molecule has 0 unspecified atom stereocenters. The van der Waals surface area contributed by atoms with Crippen LogP contribution in [0.2, 0.25) is 0 Å². The fourth-order valence-electron chi connectivity index (χ4n) is 8.48. The highest BCUT2D eigenvalue weighted by Crippen LogP contribution is 2.16. The van der Waals surface area contributed by atoms with E-state index in [4.69, 9.17) is 14.2 Å². The van der Waals surface area contributed by atoms with Crippen LogP contribution in [0, 0.1) is 0 Å². The summed E-state index contributed by atoms with van der Waals surface area (Å²) in [6, 6.07) is 0. The van der Waals surface area contributed by atoms with Crippen LogP contribution >= 0.6 is 0 Å². The molecule has 69 heavy (non-hydrogen) atoms. The van der Waals surface area contributed by atoms with E-state index in [0.29, 0.717) is 19.3 Å². The second kappa shape index (κ2) is 57.7. The summed E-state index contributed by atoms with van der Waals surface area (Å²) in [6.45, 7) is 6.61. The lowest BCUT2D eigenvalue weighted by molar-refractivity contribution is -0.167. The van der Waals surface area contributed by atoms with Gasteiger partial charge in [0.25, 0.3) is 0 Å². The number of unbranched alkanes of at least 4 members (excludes halogenated alkanes) is 33. The van der Waals surface area contributed by atoms with Crippen LogP contribution in [0.15, 0.2) is 60.8 Å². The first-order valence-corrected chi connectivity index (χ1v) is 29.8. The highest BCUT2D eigenvalue weighted by Gasteiger charge is 2.19. The minimum Gasteiger partial charge on any atom is -0.462 e. The minimum absolute atomic E-state index is 0.0857. The van der Waals surface area contributed by atoms with Crippen molar-refractivity contribution in [3.8, 4) is 0 Å². The van der Waals surface area contributed by atoms with Gasteiger partial charge in [-0.1, -0.05) is 255 Å². The second-order valence-electron chi connectivity index (χ2n) is 19.9. The zero-order valence-corrected chi connectivity index (χ0v) is 45.8. The average Bonchev–Trinajstić information content (AvgIpc) is 3.35. The van der Waals surface area contributed by atoms with Gasteiger partial charge in [0.05, 0.1) is 0 Å². The van der Waals surface area contributed by atoms with Crippen LogP contribution in [-0.2, 0) is 28.6 Å². The number of rotatable bonds is 54. The number of allylic oxidation sites excluding steroid dienone is 10. The molecule has 0 aromatic heterocycles. The molecule has 0 heterocycles. The molecule has 0 saturated carbocycles. The lowest BCUT2D eigenvalue weighted by atomic mass is 10.0. The lowest BCUT2D eigenvalue weighted by Gasteiger charge is -2.18. The zero-order chi connectivity index (χ0) is 50.0. The molecule has 400 valence electrons. The summed E-state index contributed by atoms with van der Waals surface area (Å²) in [5.41, 5.74) is 0. The van der Waals surface area contributed by atoms with Crippen molar-refractivity contribution in [2.45, 2.75) is 309 Å². The topological polar surface area (TPSA) is 78.9 Å². The first kappa shape index (κ1) is 66.1. The van der Waals surface area contributed by atoms with Gasteiger partial charge in [0.1, 0.15) is 13.2 Å². The maximum Gasteiger partial charge on any atom is 0.306 e. The van der Waals surface area contributed by atoms with E-state index in [1.54, 1.807) is 0 Å². The lowest BCUT2D eigenvalue weighted by Crippen LogP contribution is -2.30. The highest BCUT2D eigenvalue weighted by atomic mass is 16.6. The zero-order valence-electron chi connectivity index (χ0n) is 45.8. The number of carbonyl (C=O) groups excluding carboxylic acids is 3. The summed E-state index contributed by atoms with van der Waals surface area (Å²) >= 11 is 0. The molecule has 0 saturated heterocycles. The summed E-state index contributed by atoms with van der Waals surface area (Å²) in [5.74, 6) is -0.907. The van der Waals surface area contributed by atoms with Gasteiger partial charge < -0.3 is 14.2 Å². The van der Waals surface area contributed by atoms with E-state index in [-0.39, 0.29) is 31.1 Å². The Bertz CT molecular complexity index is 1250. The van der Waals surface area contributed by atoms with E-state index < -0.39 is 6.10 Å². The van der Waals surface area contributed by atoms with Crippen LogP contribution in [0.5, 0.6) is 0 Å². The van der Waals surface area contributed by atoms with Crippen molar-refractivity contribution in [2.24, 2.45) is 0 Å². The number of carbonyl (C=O) groups is 3. The molecule has 0 aliphatic rings. The smallest absolute Gasteiger partial charge is 0.306 e. The van der Waals surface area contributed by atoms with E-state index in [1.807, 2.05) is 0 Å². The van der Waals surface area contributed by atoms with E-state index in [2.05, 4.69) is 81.5 Å². The monoisotopic (exact) mass is 965 g/mol. The predicted octanol–water partition coefficient (Wildman–Crippen LogP) is 20.0. The molecule has 0 N–H and O–H groups in total. The van der Waals surface area contributed by atoms with E-state index >= 15 is 0 Å². The van der Waals surface area contributed by atoms with Gasteiger partial charge in [-0.25, -0.2) is 0 Å². The maximum atomic E-state index is 12.9. The second-order valence-corrected chi connectivity index (χ2v) is 19.9. The third kappa shape index (κ3) is 55.9. The molecule has 0 rings (SSSR count). The van der Waals surface area contributed by atoms with Crippen molar-refractivity contribution in [1.82, 2.24) is 0 Å². The molecule has 0 aliphatic carbocycles. The maximum absolute atomic E-state index is 12.9. The Hall–Kier alpha value is -2.89. The Morgan fingerprint density at radius 3 is 0.870 bits per heavy atom.